The fourth-order valence-corrected chi connectivity index (χ4v) is 3.20. The highest BCUT2D eigenvalue weighted by molar-refractivity contribution is 5.91. The third-order valence-electron chi connectivity index (χ3n) is 4.54. The summed E-state index contributed by atoms with van der Waals surface area (Å²) in [6.07, 6.45) is 6.15. The molecule has 4 heteroatoms. The molecule has 0 bridgehead atoms. The first-order valence-corrected chi connectivity index (χ1v) is 10.1. The molecule has 4 nitrogen and oxygen atoms in total. The molecule has 0 N–H and O–H groups in total. The molecule has 0 amide bonds. The fourth-order valence-electron chi connectivity index (χ4n) is 3.20. The Kier molecular flexibility index (Phi) is 8.82. The second-order valence-corrected chi connectivity index (χ2v) is 6.76. The molecule has 0 unspecified atom stereocenters. The van der Waals surface area contributed by atoms with Crippen molar-refractivity contribution in [3.05, 3.63) is 85.0 Å². The summed E-state index contributed by atoms with van der Waals surface area (Å²) in [5.41, 5.74) is 4.72. The van der Waals surface area contributed by atoms with E-state index in [-0.39, 0.29) is 0 Å². The summed E-state index contributed by atoms with van der Waals surface area (Å²) >= 11 is 0. The minimum absolute atomic E-state index is 0.476. The number of hydrogen-bond donors (Lipinski definition) is 0. The number of allylic oxidation sites excluding steroid dienone is 2. The Balaban J connectivity index is 2.42. The van der Waals surface area contributed by atoms with E-state index in [1.54, 1.807) is 24.3 Å². The molecule has 0 heterocycles. The lowest BCUT2D eigenvalue weighted by molar-refractivity contribution is -0.129. The first kappa shape index (κ1) is 22.9. The quantitative estimate of drug-likeness (QED) is 0.199. The molecule has 2 aromatic carbocycles. The van der Waals surface area contributed by atoms with Crippen molar-refractivity contribution in [2.24, 2.45) is 0 Å². The maximum absolute atomic E-state index is 11.4. The van der Waals surface area contributed by atoms with Gasteiger partial charge in [0.15, 0.2) is 0 Å². The van der Waals surface area contributed by atoms with Gasteiger partial charge < -0.3 is 9.47 Å². The molecule has 2 rings (SSSR count). The summed E-state index contributed by atoms with van der Waals surface area (Å²) in [6, 6.07) is 15.1. The van der Waals surface area contributed by atoms with Crippen molar-refractivity contribution >= 4 is 23.1 Å². The lowest BCUT2D eigenvalue weighted by atomic mass is 9.89. The fraction of sp³-hybridized carbons (Fsp3) is 0.231. The number of hydrogen-bond acceptors (Lipinski definition) is 4. The molecular weight excluding hydrogens is 376 g/mol. The first-order valence-electron chi connectivity index (χ1n) is 10.1. The number of ether oxygens (including phenoxy) is 2. The molecule has 0 aliphatic heterocycles. The molecule has 0 aromatic heterocycles. The van der Waals surface area contributed by atoms with Gasteiger partial charge in [0, 0.05) is 12.2 Å². The normalized spacial score (nSPS) is 11.3. The molecule has 0 spiro atoms. The minimum Gasteiger partial charge on any atom is -0.423 e. The number of esters is 2. The minimum atomic E-state index is -0.476. The number of rotatable bonds is 10. The van der Waals surface area contributed by atoms with Crippen LogP contribution >= 0.6 is 0 Å². The van der Waals surface area contributed by atoms with E-state index >= 15 is 0 Å². The number of benzene rings is 2. The SMILES string of the molecule is C=CC(=O)Oc1ccc(C(CCC)=C(CCC)c2ccc(OC(=O)C=C)cc2)cc1. The van der Waals surface area contributed by atoms with E-state index in [0.29, 0.717) is 11.5 Å². The van der Waals surface area contributed by atoms with E-state index in [4.69, 9.17) is 9.47 Å². The van der Waals surface area contributed by atoms with Gasteiger partial charge in [0.1, 0.15) is 11.5 Å². The van der Waals surface area contributed by atoms with Gasteiger partial charge in [-0.2, -0.15) is 0 Å². The monoisotopic (exact) mass is 404 g/mol. The van der Waals surface area contributed by atoms with Crippen molar-refractivity contribution < 1.29 is 19.1 Å². The molecule has 0 saturated carbocycles. The molecule has 0 aliphatic rings. The summed E-state index contributed by atoms with van der Waals surface area (Å²) in [6.45, 7) is 11.1. The Morgan fingerprint density at radius 1 is 0.700 bits per heavy atom. The molecule has 0 aliphatic carbocycles. The van der Waals surface area contributed by atoms with Crippen LogP contribution in [0.5, 0.6) is 11.5 Å². The Bertz CT molecular complexity index is 841. The Morgan fingerprint density at radius 3 is 1.30 bits per heavy atom. The van der Waals surface area contributed by atoms with Crippen LogP contribution in [0.4, 0.5) is 0 Å². The highest BCUT2D eigenvalue weighted by atomic mass is 16.5. The second kappa shape index (κ2) is 11.6. The van der Waals surface area contributed by atoms with Crippen LogP contribution in [0.1, 0.15) is 50.7 Å². The Hall–Kier alpha value is -3.40. The van der Waals surface area contributed by atoms with Crippen LogP contribution in [0.2, 0.25) is 0 Å². The number of carbonyl (C=O) groups excluding carboxylic acids is 2. The molecule has 0 saturated heterocycles. The van der Waals surface area contributed by atoms with Crippen LogP contribution in [0.3, 0.4) is 0 Å². The Labute approximate surface area is 178 Å². The zero-order valence-corrected chi connectivity index (χ0v) is 17.6. The van der Waals surface area contributed by atoms with Crippen LogP contribution in [-0.2, 0) is 9.59 Å². The standard InChI is InChI=1S/C26H28O4/c1-5-9-23(19-11-15-21(16-12-19)29-25(27)7-3)24(10-6-2)20-13-17-22(18-14-20)30-26(28)8-4/h7-8,11-18H,3-6,9-10H2,1-2H3. The van der Waals surface area contributed by atoms with Gasteiger partial charge in [0.05, 0.1) is 0 Å². The topological polar surface area (TPSA) is 52.6 Å². The van der Waals surface area contributed by atoms with Gasteiger partial charge in [0.2, 0.25) is 0 Å². The predicted octanol–water partition coefficient (Wildman–Crippen LogP) is 6.38. The molecule has 0 atom stereocenters. The van der Waals surface area contributed by atoms with Gasteiger partial charge in [-0.05, 0) is 59.4 Å². The Morgan fingerprint density at radius 2 is 1.03 bits per heavy atom. The summed E-state index contributed by atoms with van der Waals surface area (Å²) < 4.78 is 10.4. The van der Waals surface area contributed by atoms with E-state index in [2.05, 4.69) is 27.0 Å². The van der Waals surface area contributed by atoms with Crippen molar-refractivity contribution in [1.29, 1.82) is 0 Å². The van der Waals surface area contributed by atoms with Crippen LogP contribution < -0.4 is 9.47 Å². The zero-order chi connectivity index (χ0) is 21.9. The summed E-state index contributed by atoms with van der Waals surface area (Å²) in [5.74, 6) is 0.0295. The van der Waals surface area contributed by atoms with Crippen LogP contribution in [0.25, 0.3) is 11.1 Å². The zero-order valence-electron chi connectivity index (χ0n) is 17.6. The van der Waals surface area contributed by atoms with E-state index in [9.17, 15) is 9.59 Å². The van der Waals surface area contributed by atoms with E-state index in [1.165, 1.54) is 11.1 Å². The first-order chi connectivity index (χ1) is 14.5. The summed E-state index contributed by atoms with van der Waals surface area (Å²) in [5, 5.41) is 0. The lowest BCUT2D eigenvalue weighted by Crippen LogP contribution is -2.03. The summed E-state index contributed by atoms with van der Waals surface area (Å²) in [7, 11) is 0. The highest BCUT2D eigenvalue weighted by Gasteiger charge is 2.12. The number of carbonyl (C=O) groups is 2. The molecule has 30 heavy (non-hydrogen) atoms. The van der Waals surface area contributed by atoms with Gasteiger partial charge in [-0.15, -0.1) is 0 Å². The van der Waals surface area contributed by atoms with Gasteiger partial charge >= 0.3 is 11.9 Å². The average molecular weight is 405 g/mol. The maximum Gasteiger partial charge on any atom is 0.335 e. The van der Waals surface area contributed by atoms with Gasteiger partial charge in [-0.25, -0.2) is 9.59 Å². The van der Waals surface area contributed by atoms with Crippen molar-refractivity contribution in [2.45, 2.75) is 39.5 Å². The van der Waals surface area contributed by atoms with E-state index in [0.717, 1.165) is 49.0 Å². The third kappa shape index (κ3) is 6.31. The predicted molar refractivity (Wildman–Crippen MR) is 121 cm³/mol. The van der Waals surface area contributed by atoms with Crippen molar-refractivity contribution in [3.63, 3.8) is 0 Å². The molecule has 156 valence electrons. The van der Waals surface area contributed by atoms with Gasteiger partial charge in [-0.3, -0.25) is 0 Å². The van der Waals surface area contributed by atoms with Crippen LogP contribution in [0, 0.1) is 0 Å². The lowest BCUT2D eigenvalue weighted by Gasteiger charge is -2.17. The van der Waals surface area contributed by atoms with Crippen molar-refractivity contribution in [3.8, 4) is 11.5 Å². The van der Waals surface area contributed by atoms with Gasteiger partial charge in [-0.1, -0.05) is 64.1 Å². The van der Waals surface area contributed by atoms with E-state index in [1.807, 2.05) is 24.3 Å². The molecular formula is C26H28O4. The molecule has 0 radical (unpaired) electrons. The largest absolute Gasteiger partial charge is 0.423 e. The van der Waals surface area contributed by atoms with Crippen molar-refractivity contribution in [2.75, 3.05) is 0 Å². The van der Waals surface area contributed by atoms with E-state index < -0.39 is 11.9 Å². The average Bonchev–Trinajstić information content (AvgIpc) is 2.77. The summed E-state index contributed by atoms with van der Waals surface area (Å²) in [4.78, 5) is 22.8. The molecule has 2 aromatic rings. The molecule has 0 fully saturated rings. The van der Waals surface area contributed by atoms with Gasteiger partial charge in [0.25, 0.3) is 0 Å². The third-order valence-corrected chi connectivity index (χ3v) is 4.54. The smallest absolute Gasteiger partial charge is 0.335 e. The highest BCUT2D eigenvalue weighted by Crippen LogP contribution is 2.34. The van der Waals surface area contributed by atoms with Crippen LogP contribution in [0.15, 0.2) is 73.8 Å². The maximum atomic E-state index is 11.4. The second-order valence-electron chi connectivity index (χ2n) is 6.76. The van der Waals surface area contributed by atoms with Crippen LogP contribution in [-0.4, -0.2) is 11.9 Å². The van der Waals surface area contributed by atoms with Crippen molar-refractivity contribution in [1.82, 2.24) is 0 Å².